The first-order chi connectivity index (χ1) is 29.4. The third-order valence-electron chi connectivity index (χ3n) is 10.5. The van der Waals surface area contributed by atoms with Crippen LogP contribution in [-0.2, 0) is 37.8 Å². The molecule has 0 spiro atoms. The smallest absolute Gasteiger partial charge is 0.417 e. The SMILES string of the molecule is C.C[C@H]1CN(Cc2ccc(N3CCOCC3)cc2C(F)(F)F)CCN1C(=O)OC(C)(C)C.C[C@H]1CNCCN1C(=O)OC(C)(C)C.O=Cc1ccc(N2CCOCC2)cc1C(F)(F)F. The predicted molar refractivity (Wildman–Crippen MR) is 234 cm³/mol. The van der Waals surface area contributed by atoms with Gasteiger partial charge in [0.2, 0.25) is 0 Å². The summed E-state index contributed by atoms with van der Waals surface area (Å²) in [5.74, 6) is 0. The van der Waals surface area contributed by atoms with Crippen molar-refractivity contribution in [1.82, 2.24) is 20.0 Å². The Kier molecular flexibility index (Phi) is 19.6. The number of nitrogens with one attached hydrogen (secondary N) is 1. The van der Waals surface area contributed by atoms with E-state index in [2.05, 4.69) is 5.32 Å². The molecule has 6 rings (SSSR count). The highest BCUT2D eigenvalue weighted by atomic mass is 19.4. The molecule has 64 heavy (non-hydrogen) atoms. The molecule has 0 aliphatic carbocycles. The molecule has 0 saturated carbocycles. The van der Waals surface area contributed by atoms with Gasteiger partial charge in [-0.05, 0) is 91.3 Å². The Morgan fingerprint density at radius 3 is 1.59 bits per heavy atom. The zero-order valence-electron chi connectivity index (χ0n) is 37.7. The number of piperazine rings is 2. The third kappa shape index (κ3) is 16.6. The number of aldehydes is 1. The van der Waals surface area contributed by atoms with E-state index in [0.29, 0.717) is 83.6 Å². The average Bonchev–Trinajstić information content (AvgIpc) is 3.20. The van der Waals surface area contributed by atoms with Crippen molar-refractivity contribution in [2.45, 2.75) is 105 Å². The Morgan fingerprint density at radius 1 is 0.688 bits per heavy atom. The third-order valence-corrected chi connectivity index (χ3v) is 10.5. The number of ether oxygens (including phenoxy) is 4. The lowest BCUT2D eigenvalue weighted by Crippen LogP contribution is -2.54. The Morgan fingerprint density at radius 2 is 1.16 bits per heavy atom. The van der Waals surface area contributed by atoms with Gasteiger partial charge in [0.1, 0.15) is 11.2 Å². The predicted octanol–water partition coefficient (Wildman–Crippen LogP) is 8.19. The van der Waals surface area contributed by atoms with Crippen molar-refractivity contribution < 1.29 is 59.7 Å². The minimum absolute atomic E-state index is 0. The van der Waals surface area contributed by atoms with E-state index in [1.165, 1.54) is 18.2 Å². The normalized spacial score (nSPS) is 20.2. The van der Waals surface area contributed by atoms with E-state index in [9.17, 15) is 40.7 Å². The number of halogens is 6. The lowest BCUT2D eigenvalue weighted by Gasteiger charge is -2.40. The molecule has 2 atom stereocenters. The first kappa shape index (κ1) is 54.0. The standard InChI is InChI=1S/C22H32F3N3O3.C12H12F3NO2.C10H20N2O2.CH4/c1-16-14-26(7-8-28(16)20(29)31-21(2,3)4)15-17-5-6-18(13-19(17)22(23,24)25)27-9-11-30-12-10-27;13-12(14,15)11-7-10(2-1-9(11)8-17)16-3-5-18-6-4-16;1-8-7-11-5-6-12(8)9(13)14-10(2,3)4;/h5-6,13,16H,7-12,14-15H2,1-4H3;1-2,7-8H,3-6H2;8,11H,5-7H2,1-4H3;1H4/t16-;;8-;/m0.0./s1. The molecule has 19 heteroatoms. The topological polar surface area (TPSA) is 116 Å². The molecule has 0 aromatic heterocycles. The van der Waals surface area contributed by atoms with Crippen LogP contribution in [0.15, 0.2) is 36.4 Å². The van der Waals surface area contributed by atoms with Gasteiger partial charge in [-0.3, -0.25) is 9.69 Å². The Hall–Kier alpha value is -4.33. The van der Waals surface area contributed by atoms with Crippen molar-refractivity contribution in [1.29, 1.82) is 0 Å². The molecule has 2 amide bonds. The van der Waals surface area contributed by atoms with Crippen molar-refractivity contribution >= 4 is 29.8 Å². The summed E-state index contributed by atoms with van der Waals surface area (Å²) >= 11 is 0. The number of amides is 2. The number of hydrogen-bond donors (Lipinski definition) is 1. The van der Waals surface area contributed by atoms with Crippen LogP contribution in [0.5, 0.6) is 0 Å². The maximum atomic E-state index is 13.8. The molecule has 4 fully saturated rings. The lowest BCUT2D eigenvalue weighted by molar-refractivity contribution is -0.139. The van der Waals surface area contributed by atoms with Crippen molar-refractivity contribution in [3.8, 4) is 0 Å². The number of rotatable bonds is 5. The van der Waals surface area contributed by atoms with Gasteiger partial charge in [-0.25, -0.2) is 9.59 Å². The summed E-state index contributed by atoms with van der Waals surface area (Å²) < 4.78 is 101. The minimum Gasteiger partial charge on any atom is -0.444 e. The Balaban J connectivity index is 0.000000279. The summed E-state index contributed by atoms with van der Waals surface area (Å²) in [6.45, 7) is 23.3. The number of anilines is 2. The van der Waals surface area contributed by atoms with Crippen LogP contribution in [-0.4, -0.2) is 148 Å². The second-order valence-electron chi connectivity index (χ2n) is 17.9. The summed E-state index contributed by atoms with van der Waals surface area (Å²) in [6, 6.07) is 8.43. The summed E-state index contributed by atoms with van der Waals surface area (Å²) in [5, 5.41) is 3.23. The van der Waals surface area contributed by atoms with E-state index < -0.39 is 34.7 Å². The monoisotopic (exact) mass is 919 g/mol. The van der Waals surface area contributed by atoms with Gasteiger partial charge in [0.15, 0.2) is 6.29 Å². The van der Waals surface area contributed by atoms with Gasteiger partial charge in [0.05, 0.1) is 37.6 Å². The van der Waals surface area contributed by atoms with Crippen LogP contribution in [0.1, 0.15) is 89.9 Å². The molecule has 362 valence electrons. The number of morpholine rings is 2. The largest absolute Gasteiger partial charge is 0.444 e. The highest BCUT2D eigenvalue weighted by molar-refractivity contribution is 5.79. The summed E-state index contributed by atoms with van der Waals surface area (Å²) in [7, 11) is 0. The van der Waals surface area contributed by atoms with Gasteiger partial charge in [-0.2, -0.15) is 26.3 Å². The number of alkyl halides is 6. The second kappa shape index (κ2) is 23.2. The molecule has 4 aliphatic rings. The number of hydrogen-bond acceptors (Lipinski definition) is 11. The van der Waals surface area contributed by atoms with Gasteiger partial charge in [0, 0.05) is 101 Å². The summed E-state index contributed by atoms with van der Waals surface area (Å²) in [6.07, 6.45) is -9.30. The number of benzene rings is 2. The molecule has 0 unspecified atom stereocenters. The van der Waals surface area contributed by atoms with Crippen LogP contribution >= 0.6 is 0 Å². The molecule has 0 radical (unpaired) electrons. The van der Waals surface area contributed by atoms with E-state index in [4.69, 9.17) is 18.9 Å². The van der Waals surface area contributed by atoms with Crippen molar-refractivity contribution in [3.63, 3.8) is 0 Å². The zero-order valence-corrected chi connectivity index (χ0v) is 37.7. The molecule has 13 nitrogen and oxygen atoms in total. The van der Waals surface area contributed by atoms with Gasteiger partial charge in [0.25, 0.3) is 0 Å². The van der Waals surface area contributed by atoms with E-state index in [0.717, 1.165) is 25.7 Å². The molecule has 1 N–H and O–H groups in total. The maximum Gasteiger partial charge on any atom is 0.417 e. The summed E-state index contributed by atoms with van der Waals surface area (Å²) in [4.78, 5) is 43.8. The Labute approximate surface area is 374 Å². The average molecular weight is 919 g/mol. The quantitative estimate of drug-likeness (QED) is 0.231. The van der Waals surface area contributed by atoms with Gasteiger partial charge >= 0.3 is 24.5 Å². The van der Waals surface area contributed by atoms with E-state index in [1.54, 1.807) is 21.9 Å². The van der Waals surface area contributed by atoms with Crippen molar-refractivity contribution in [3.05, 3.63) is 58.7 Å². The second-order valence-corrected chi connectivity index (χ2v) is 17.9. The maximum absolute atomic E-state index is 13.8. The fourth-order valence-corrected chi connectivity index (χ4v) is 7.34. The Bertz CT molecular complexity index is 1810. The molecular weight excluding hydrogens is 851 g/mol. The number of carbonyl (C=O) groups is 3. The van der Waals surface area contributed by atoms with Crippen LogP contribution in [0, 0.1) is 0 Å². The molecule has 4 heterocycles. The van der Waals surface area contributed by atoms with E-state index in [1.807, 2.05) is 70.1 Å². The number of carbonyl (C=O) groups excluding carboxylic acids is 3. The van der Waals surface area contributed by atoms with Crippen LogP contribution in [0.4, 0.5) is 47.3 Å². The van der Waals surface area contributed by atoms with E-state index in [-0.39, 0.29) is 55.7 Å². The first-order valence-corrected chi connectivity index (χ1v) is 21.3. The summed E-state index contributed by atoms with van der Waals surface area (Å²) in [5.41, 5.74) is -1.51. The minimum atomic E-state index is -4.52. The van der Waals surface area contributed by atoms with Gasteiger partial charge in [-0.15, -0.1) is 0 Å². The van der Waals surface area contributed by atoms with Crippen molar-refractivity contribution in [2.75, 3.05) is 102 Å². The molecule has 4 saturated heterocycles. The fourth-order valence-electron chi connectivity index (χ4n) is 7.34. The molecule has 0 bridgehead atoms. The van der Waals surface area contributed by atoms with Gasteiger partial charge < -0.3 is 43.9 Å². The highest BCUT2D eigenvalue weighted by Gasteiger charge is 2.37. The highest BCUT2D eigenvalue weighted by Crippen LogP contribution is 2.36. The van der Waals surface area contributed by atoms with Crippen LogP contribution in [0.25, 0.3) is 0 Å². The number of nitrogens with zero attached hydrogens (tertiary/aromatic N) is 5. The zero-order chi connectivity index (χ0) is 46.8. The molecule has 4 aliphatic heterocycles. The van der Waals surface area contributed by atoms with E-state index >= 15 is 0 Å². The first-order valence-electron chi connectivity index (χ1n) is 21.3. The molecular formula is C45H68F6N6O7. The molecule has 2 aromatic rings. The molecule has 2 aromatic carbocycles. The van der Waals surface area contributed by atoms with Crippen LogP contribution in [0.2, 0.25) is 0 Å². The lowest BCUT2D eigenvalue weighted by atomic mass is 10.0. The van der Waals surface area contributed by atoms with Crippen LogP contribution in [0.3, 0.4) is 0 Å². The fraction of sp³-hybridized carbons (Fsp3) is 0.667. The van der Waals surface area contributed by atoms with Crippen molar-refractivity contribution in [2.24, 2.45) is 0 Å². The van der Waals surface area contributed by atoms with Gasteiger partial charge in [-0.1, -0.05) is 13.5 Å². The van der Waals surface area contributed by atoms with Crippen LogP contribution < -0.4 is 15.1 Å².